The third-order valence-corrected chi connectivity index (χ3v) is 9.87. The second-order valence-corrected chi connectivity index (χ2v) is 10.9. The Morgan fingerprint density at radius 1 is 1.07 bits per heavy atom. The molecular formula is C23H41ClN2O2. The molecule has 0 spiro atoms. The summed E-state index contributed by atoms with van der Waals surface area (Å²) < 4.78 is 0. The van der Waals surface area contributed by atoms with E-state index in [2.05, 4.69) is 19.2 Å². The quantitative estimate of drug-likeness (QED) is 0.658. The minimum Gasteiger partial charge on any atom is -0.393 e. The number of halogens is 1. The normalized spacial score (nSPS) is 48.5. The zero-order valence-electron chi connectivity index (χ0n) is 18.0. The average molecular weight is 413 g/mol. The number of aliphatic hydroxyl groups is 1. The fraction of sp³-hybridized carbons (Fsp3) is 0.957. The lowest BCUT2D eigenvalue weighted by Gasteiger charge is -2.61. The molecule has 0 bridgehead atoms. The summed E-state index contributed by atoms with van der Waals surface area (Å²) in [6.07, 6.45) is 11.2. The maximum absolute atomic E-state index is 11.7. The number of hydrogen-bond acceptors (Lipinski definition) is 3. The fourth-order valence-corrected chi connectivity index (χ4v) is 8.51. The molecule has 5 heteroatoms. The number of nitrogens with one attached hydrogen (secondary N) is 1. The van der Waals surface area contributed by atoms with Crippen molar-refractivity contribution in [3.63, 3.8) is 0 Å². The predicted octanol–water partition coefficient (Wildman–Crippen LogP) is 3.89. The molecule has 4 nitrogen and oxygen atoms in total. The van der Waals surface area contributed by atoms with Gasteiger partial charge in [-0.25, -0.2) is 0 Å². The summed E-state index contributed by atoms with van der Waals surface area (Å²) in [5.41, 5.74) is 6.29. The molecule has 0 aromatic rings. The molecule has 0 aromatic carbocycles. The molecule has 4 N–H and O–H groups in total. The van der Waals surface area contributed by atoms with Crippen LogP contribution >= 0.6 is 12.4 Å². The van der Waals surface area contributed by atoms with E-state index < -0.39 is 0 Å². The molecule has 4 aliphatic rings. The molecule has 1 amide bonds. The number of aliphatic hydroxyl groups excluding tert-OH is 1. The van der Waals surface area contributed by atoms with Crippen molar-refractivity contribution in [1.29, 1.82) is 0 Å². The second-order valence-electron chi connectivity index (χ2n) is 10.9. The van der Waals surface area contributed by atoms with Gasteiger partial charge in [0.15, 0.2) is 0 Å². The van der Waals surface area contributed by atoms with Crippen molar-refractivity contribution < 1.29 is 9.90 Å². The summed E-state index contributed by atoms with van der Waals surface area (Å²) in [4.78, 5) is 11.7. The van der Waals surface area contributed by atoms with Crippen LogP contribution < -0.4 is 11.1 Å². The van der Waals surface area contributed by atoms with Crippen LogP contribution in [0.1, 0.15) is 78.6 Å². The molecule has 4 aliphatic carbocycles. The standard InChI is InChI=1S/C23H40N2O2.ClH/c1-14(26)18-6-7-19-17-5-4-15-12-16(25-21(27)13-24)8-10-22(15,2)20(17)9-11-23(18,19)3;/h14-20,26H,4-13,24H2,1-3H3,(H,25,27);1H/t14-,15-,16+,17-,18+,19-,20-,22-,23+;/m0./s1. The topological polar surface area (TPSA) is 75.3 Å². The number of amides is 1. The van der Waals surface area contributed by atoms with E-state index in [1.54, 1.807) is 0 Å². The largest absolute Gasteiger partial charge is 0.393 e. The molecule has 0 aliphatic heterocycles. The summed E-state index contributed by atoms with van der Waals surface area (Å²) in [6, 6.07) is 0.329. The van der Waals surface area contributed by atoms with Crippen molar-refractivity contribution in [3.8, 4) is 0 Å². The fourth-order valence-electron chi connectivity index (χ4n) is 8.51. The zero-order chi connectivity index (χ0) is 19.4. The van der Waals surface area contributed by atoms with Crippen molar-refractivity contribution in [3.05, 3.63) is 0 Å². The zero-order valence-corrected chi connectivity index (χ0v) is 18.8. The van der Waals surface area contributed by atoms with Gasteiger partial charge in [0.25, 0.3) is 0 Å². The minimum atomic E-state index is -0.162. The molecule has 0 saturated heterocycles. The Bertz CT molecular complexity index is 585. The summed E-state index contributed by atoms with van der Waals surface area (Å²) in [7, 11) is 0. The minimum absolute atomic E-state index is 0. The Labute approximate surface area is 177 Å². The van der Waals surface area contributed by atoms with Gasteiger partial charge in [0.05, 0.1) is 12.6 Å². The van der Waals surface area contributed by atoms with Crippen molar-refractivity contribution in [1.82, 2.24) is 5.32 Å². The Morgan fingerprint density at radius 3 is 2.43 bits per heavy atom. The van der Waals surface area contributed by atoms with E-state index in [0.29, 0.717) is 22.8 Å². The first-order valence-electron chi connectivity index (χ1n) is 11.5. The maximum atomic E-state index is 11.7. The molecule has 4 saturated carbocycles. The number of carbonyl (C=O) groups excluding carboxylic acids is 1. The Kier molecular flexibility index (Phi) is 6.45. The van der Waals surface area contributed by atoms with Gasteiger partial charge in [0.2, 0.25) is 5.91 Å². The Morgan fingerprint density at radius 2 is 1.75 bits per heavy atom. The molecule has 162 valence electrons. The van der Waals surface area contributed by atoms with Crippen LogP contribution in [-0.2, 0) is 4.79 Å². The van der Waals surface area contributed by atoms with Crippen LogP contribution in [-0.4, -0.2) is 29.7 Å². The molecule has 0 aromatic heterocycles. The van der Waals surface area contributed by atoms with Gasteiger partial charge in [0.1, 0.15) is 0 Å². The van der Waals surface area contributed by atoms with Crippen LogP contribution in [0.2, 0.25) is 0 Å². The van der Waals surface area contributed by atoms with E-state index in [9.17, 15) is 9.90 Å². The molecular weight excluding hydrogens is 372 g/mol. The van der Waals surface area contributed by atoms with E-state index in [1.807, 2.05) is 6.92 Å². The maximum Gasteiger partial charge on any atom is 0.233 e. The molecule has 4 rings (SSSR count). The predicted molar refractivity (Wildman–Crippen MR) is 115 cm³/mol. The first kappa shape index (κ1) is 22.4. The molecule has 0 radical (unpaired) electrons. The smallest absolute Gasteiger partial charge is 0.233 e. The third kappa shape index (κ3) is 3.41. The lowest BCUT2D eigenvalue weighted by Crippen LogP contribution is -2.56. The molecule has 9 atom stereocenters. The summed E-state index contributed by atoms with van der Waals surface area (Å²) in [6.45, 7) is 7.18. The van der Waals surface area contributed by atoms with E-state index >= 15 is 0 Å². The van der Waals surface area contributed by atoms with Crippen molar-refractivity contribution in [2.75, 3.05) is 6.54 Å². The van der Waals surface area contributed by atoms with Gasteiger partial charge in [-0.1, -0.05) is 13.8 Å². The summed E-state index contributed by atoms with van der Waals surface area (Å²) >= 11 is 0. The van der Waals surface area contributed by atoms with Gasteiger partial charge in [-0.05, 0) is 105 Å². The van der Waals surface area contributed by atoms with Crippen molar-refractivity contribution in [2.45, 2.75) is 90.7 Å². The van der Waals surface area contributed by atoms with Gasteiger partial charge in [-0.3, -0.25) is 4.79 Å². The highest BCUT2D eigenvalue weighted by atomic mass is 35.5. The first-order valence-corrected chi connectivity index (χ1v) is 11.5. The Hall–Kier alpha value is -0.320. The van der Waals surface area contributed by atoms with Gasteiger partial charge < -0.3 is 16.2 Å². The van der Waals surface area contributed by atoms with E-state index in [-0.39, 0.29) is 31.0 Å². The monoisotopic (exact) mass is 412 g/mol. The van der Waals surface area contributed by atoms with Gasteiger partial charge in [-0.2, -0.15) is 0 Å². The van der Waals surface area contributed by atoms with Crippen molar-refractivity contribution in [2.24, 2.45) is 46.2 Å². The van der Waals surface area contributed by atoms with Crippen LogP contribution in [0.25, 0.3) is 0 Å². The van der Waals surface area contributed by atoms with Crippen molar-refractivity contribution >= 4 is 18.3 Å². The molecule has 0 unspecified atom stereocenters. The second kappa shape index (κ2) is 8.07. The lowest BCUT2D eigenvalue weighted by atomic mass is 9.44. The van der Waals surface area contributed by atoms with Gasteiger partial charge >= 0.3 is 0 Å². The number of nitrogens with two attached hydrogens (primary N) is 1. The Balaban J connectivity index is 0.00000225. The summed E-state index contributed by atoms with van der Waals surface area (Å²) in [5, 5.41) is 13.5. The highest BCUT2D eigenvalue weighted by Crippen LogP contribution is 2.67. The highest BCUT2D eigenvalue weighted by molar-refractivity contribution is 5.85. The summed E-state index contributed by atoms with van der Waals surface area (Å²) in [5.74, 6) is 3.74. The van der Waals surface area contributed by atoms with Gasteiger partial charge in [0, 0.05) is 6.04 Å². The highest BCUT2D eigenvalue weighted by Gasteiger charge is 2.60. The van der Waals surface area contributed by atoms with Crippen LogP contribution in [0.4, 0.5) is 0 Å². The lowest BCUT2D eigenvalue weighted by molar-refractivity contribution is -0.128. The number of carbonyl (C=O) groups is 1. The van der Waals surface area contributed by atoms with E-state index in [1.165, 1.54) is 44.9 Å². The third-order valence-electron chi connectivity index (χ3n) is 9.87. The molecule has 0 heterocycles. The molecule has 28 heavy (non-hydrogen) atoms. The van der Waals surface area contributed by atoms with Gasteiger partial charge in [-0.15, -0.1) is 12.4 Å². The van der Waals surface area contributed by atoms with E-state index in [4.69, 9.17) is 5.73 Å². The van der Waals surface area contributed by atoms with Crippen LogP contribution in [0.5, 0.6) is 0 Å². The van der Waals surface area contributed by atoms with Crippen LogP contribution in [0.3, 0.4) is 0 Å². The van der Waals surface area contributed by atoms with E-state index in [0.717, 1.165) is 36.5 Å². The number of rotatable bonds is 3. The first-order chi connectivity index (χ1) is 12.8. The number of hydrogen-bond donors (Lipinski definition) is 3. The van der Waals surface area contributed by atoms with Crippen LogP contribution in [0, 0.1) is 40.4 Å². The SMILES string of the molecule is C[C@H](O)[C@H]1CC[C@H]2[C@@H]3CC[C@H]4C[C@H](NC(=O)CN)CC[C@]4(C)[C@H]3CC[C@]12C.Cl. The average Bonchev–Trinajstić information content (AvgIpc) is 2.99. The van der Waals surface area contributed by atoms with Crippen LogP contribution in [0.15, 0.2) is 0 Å². The number of fused-ring (bicyclic) bond motifs is 5. The molecule has 4 fully saturated rings.